The summed E-state index contributed by atoms with van der Waals surface area (Å²) in [5.74, 6) is -1.19. The number of aliphatic hydroxyl groups excluding tert-OH is 2. The number of hydrogen-bond donors (Lipinski definition) is 5. The zero-order valence-corrected chi connectivity index (χ0v) is 5.69. The van der Waals surface area contributed by atoms with Crippen molar-refractivity contribution < 1.29 is 20.1 Å². The lowest BCUT2D eigenvalue weighted by atomic mass is 10.0. The van der Waals surface area contributed by atoms with E-state index in [1.54, 1.807) is 0 Å². The average Bonchev–Trinajstić information content (AvgIpc) is 1.94. The molecular weight excluding hydrogens is 152 g/mol. The lowest BCUT2D eigenvalue weighted by Gasteiger charge is -2.30. The van der Waals surface area contributed by atoms with Crippen molar-refractivity contribution in [3.8, 4) is 0 Å². The van der Waals surface area contributed by atoms with E-state index in [4.69, 9.17) is 15.3 Å². The van der Waals surface area contributed by atoms with Crippen LogP contribution in [0, 0.1) is 0 Å². The summed E-state index contributed by atoms with van der Waals surface area (Å²) < 4.78 is 0. The molecule has 0 aromatic heterocycles. The summed E-state index contributed by atoms with van der Waals surface area (Å²) in [6.07, 6.45) is -2.29. The fourth-order valence-electron chi connectivity index (χ4n) is 0.910. The van der Waals surface area contributed by atoms with Crippen LogP contribution in [-0.2, 0) is 4.79 Å². The summed E-state index contributed by atoms with van der Waals surface area (Å²) in [7, 11) is 0. The van der Waals surface area contributed by atoms with E-state index in [1.165, 1.54) is 0 Å². The molecule has 64 valence electrons. The number of nitrogens with one attached hydrogen (secondary N) is 2. The van der Waals surface area contributed by atoms with Crippen LogP contribution in [0.2, 0.25) is 0 Å². The number of carboxylic acid groups (broad SMARTS) is 1. The first kappa shape index (κ1) is 8.41. The predicted molar refractivity (Wildman–Crippen MR) is 34.6 cm³/mol. The van der Waals surface area contributed by atoms with Crippen LogP contribution in [0.3, 0.4) is 0 Å². The maximum atomic E-state index is 10.3. The van der Waals surface area contributed by atoms with Gasteiger partial charge in [-0.05, 0) is 0 Å². The van der Waals surface area contributed by atoms with Crippen molar-refractivity contribution in [2.45, 2.75) is 18.2 Å². The van der Waals surface area contributed by atoms with Gasteiger partial charge in [-0.3, -0.25) is 10.2 Å². The Hall–Kier alpha value is -0.690. The summed E-state index contributed by atoms with van der Waals surface area (Å²) in [6.45, 7) is 0.144. The minimum absolute atomic E-state index is 0.144. The van der Waals surface area contributed by atoms with Crippen LogP contribution in [0.4, 0.5) is 0 Å². The van der Waals surface area contributed by atoms with Crippen molar-refractivity contribution in [1.82, 2.24) is 10.9 Å². The molecule has 1 aliphatic heterocycles. The topological polar surface area (TPSA) is 102 Å². The Morgan fingerprint density at radius 2 is 2.09 bits per heavy atom. The smallest absolute Gasteiger partial charge is 0.324 e. The molecule has 1 rings (SSSR count). The normalized spacial score (nSPS) is 38.5. The highest BCUT2D eigenvalue weighted by Gasteiger charge is 2.34. The van der Waals surface area contributed by atoms with Crippen LogP contribution in [0.15, 0.2) is 0 Å². The zero-order valence-electron chi connectivity index (χ0n) is 5.69. The summed E-state index contributed by atoms with van der Waals surface area (Å²) in [5.41, 5.74) is 4.79. The number of rotatable bonds is 1. The molecule has 5 N–H and O–H groups in total. The predicted octanol–water partition coefficient (Wildman–Crippen LogP) is -2.73. The van der Waals surface area contributed by atoms with E-state index in [1.807, 2.05) is 0 Å². The third-order valence-electron chi connectivity index (χ3n) is 1.57. The molecule has 1 fully saturated rings. The van der Waals surface area contributed by atoms with Crippen LogP contribution in [0.1, 0.15) is 0 Å². The lowest BCUT2D eigenvalue weighted by molar-refractivity contribution is -0.148. The monoisotopic (exact) mass is 162 g/mol. The second-order valence-electron chi connectivity index (χ2n) is 2.40. The van der Waals surface area contributed by atoms with Crippen molar-refractivity contribution >= 4 is 5.97 Å². The van der Waals surface area contributed by atoms with Gasteiger partial charge in [0.15, 0.2) is 0 Å². The van der Waals surface area contributed by atoms with Gasteiger partial charge in [-0.2, -0.15) is 0 Å². The Labute approximate surface area is 62.8 Å². The second-order valence-corrected chi connectivity index (χ2v) is 2.40. The number of aliphatic hydroxyl groups is 2. The first-order chi connectivity index (χ1) is 5.13. The minimum Gasteiger partial charge on any atom is -0.480 e. The number of hydrazine groups is 1. The average molecular weight is 162 g/mol. The molecule has 6 heteroatoms. The Kier molecular flexibility index (Phi) is 2.40. The summed E-state index contributed by atoms with van der Waals surface area (Å²) in [6, 6.07) is -1.14. The van der Waals surface area contributed by atoms with Gasteiger partial charge in [-0.15, -0.1) is 0 Å². The van der Waals surface area contributed by atoms with Gasteiger partial charge in [0.1, 0.15) is 12.1 Å². The van der Waals surface area contributed by atoms with Gasteiger partial charge in [0.25, 0.3) is 0 Å². The molecule has 0 spiro atoms. The molecule has 0 unspecified atom stereocenters. The molecule has 0 radical (unpaired) electrons. The van der Waals surface area contributed by atoms with Crippen LogP contribution < -0.4 is 10.9 Å². The lowest BCUT2D eigenvalue weighted by Crippen LogP contribution is -2.63. The van der Waals surface area contributed by atoms with Crippen molar-refractivity contribution in [1.29, 1.82) is 0 Å². The van der Waals surface area contributed by atoms with E-state index >= 15 is 0 Å². The highest BCUT2D eigenvalue weighted by Crippen LogP contribution is 2.02. The molecule has 6 nitrogen and oxygen atoms in total. The molecule has 0 aromatic carbocycles. The Morgan fingerprint density at radius 1 is 1.45 bits per heavy atom. The molecule has 0 aromatic rings. The van der Waals surface area contributed by atoms with Crippen LogP contribution >= 0.6 is 0 Å². The zero-order chi connectivity index (χ0) is 8.43. The first-order valence-electron chi connectivity index (χ1n) is 3.20. The number of aliphatic carboxylic acids is 1. The van der Waals surface area contributed by atoms with E-state index in [-0.39, 0.29) is 6.54 Å². The van der Waals surface area contributed by atoms with Crippen molar-refractivity contribution in [3.05, 3.63) is 0 Å². The molecule has 11 heavy (non-hydrogen) atoms. The Balaban J connectivity index is 2.58. The van der Waals surface area contributed by atoms with Crippen molar-refractivity contribution in [2.75, 3.05) is 6.54 Å². The van der Waals surface area contributed by atoms with E-state index in [2.05, 4.69) is 10.9 Å². The summed E-state index contributed by atoms with van der Waals surface area (Å²) in [4.78, 5) is 10.3. The van der Waals surface area contributed by atoms with Crippen LogP contribution in [-0.4, -0.2) is 46.1 Å². The van der Waals surface area contributed by atoms with E-state index in [9.17, 15) is 4.79 Å². The molecule has 0 bridgehead atoms. The number of hydrogen-bond acceptors (Lipinski definition) is 5. The maximum Gasteiger partial charge on any atom is 0.324 e. The second kappa shape index (κ2) is 3.14. The number of β-amino-alcohol motifs (C(OH)–C–C–N with tert-alkyl or cyclic N) is 1. The standard InChI is InChI=1S/C5H10N2O4/c8-2-1-6-7-3(4(2)9)5(10)11/h2-4,6-9H,1H2,(H,10,11)/t2-,3+,4+/m1/s1. The summed E-state index contributed by atoms with van der Waals surface area (Å²) >= 11 is 0. The maximum absolute atomic E-state index is 10.3. The highest BCUT2D eigenvalue weighted by atomic mass is 16.4. The Morgan fingerprint density at radius 3 is 2.55 bits per heavy atom. The van der Waals surface area contributed by atoms with Gasteiger partial charge in [0.2, 0.25) is 0 Å². The van der Waals surface area contributed by atoms with Crippen LogP contribution in [0.25, 0.3) is 0 Å². The fraction of sp³-hybridized carbons (Fsp3) is 0.800. The first-order valence-corrected chi connectivity index (χ1v) is 3.20. The van der Waals surface area contributed by atoms with Crippen molar-refractivity contribution in [3.63, 3.8) is 0 Å². The van der Waals surface area contributed by atoms with E-state index < -0.39 is 24.2 Å². The largest absolute Gasteiger partial charge is 0.480 e. The van der Waals surface area contributed by atoms with Crippen LogP contribution in [0.5, 0.6) is 0 Å². The molecule has 1 aliphatic rings. The van der Waals surface area contributed by atoms with E-state index in [0.717, 1.165) is 0 Å². The number of carboxylic acids is 1. The molecule has 0 amide bonds. The quantitative estimate of drug-likeness (QED) is 0.287. The fourth-order valence-corrected chi connectivity index (χ4v) is 0.910. The summed E-state index contributed by atoms with van der Waals surface area (Å²) in [5, 5.41) is 26.5. The molecule has 1 heterocycles. The van der Waals surface area contributed by atoms with Gasteiger partial charge in [0.05, 0.1) is 6.10 Å². The molecule has 3 atom stereocenters. The van der Waals surface area contributed by atoms with Gasteiger partial charge in [0, 0.05) is 6.54 Å². The molecule has 0 aliphatic carbocycles. The highest BCUT2D eigenvalue weighted by molar-refractivity contribution is 5.74. The number of carbonyl (C=O) groups is 1. The van der Waals surface area contributed by atoms with E-state index in [0.29, 0.717) is 0 Å². The Bertz CT molecular complexity index is 163. The van der Waals surface area contributed by atoms with Gasteiger partial charge < -0.3 is 15.3 Å². The third kappa shape index (κ3) is 1.66. The van der Waals surface area contributed by atoms with Crippen molar-refractivity contribution in [2.24, 2.45) is 0 Å². The minimum atomic E-state index is -1.26. The van der Waals surface area contributed by atoms with Gasteiger partial charge in [-0.1, -0.05) is 0 Å². The van der Waals surface area contributed by atoms with Gasteiger partial charge in [-0.25, -0.2) is 5.43 Å². The molecule has 1 saturated heterocycles. The SMILES string of the molecule is O=C(O)[C@H]1NNC[C@@H](O)[C@@H]1O. The molecular formula is C5H10N2O4. The third-order valence-corrected chi connectivity index (χ3v) is 1.57. The van der Waals surface area contributed by atoms with Gasteiger partial charge >= 0.3 is 5.97 Å². The molecule has 0 saturated carbocycles.